The van der Waals surface area contributed by atoms with Gasteiger partial charge in [-0.3, -0.25) is 4.79 Å². The molecule has 0 bridgehead atoms. The van der Waals surface area contributed by atoms with Gasteiger partial charge in [0.25, 0.3) is 0 Å². The molecule has 1 aliphatic rings. The standard InChI is InChI=1S/C18H28N2O/c1-13(11-18(2,3)4)10-17(21)20-9-8-15-14(12-20)6-5-7-16(15)19/h5-7,13H,8-12,19H2,1-4H3. The zero-order valence-corrected chi connectivity index (χ0v) is 13.8. The highest BCUT2D eigenvalue weighted by molar-refractivity contribution is 5.77. The third-order valence-electron chi connectivity index (χ3n) is 4.14. The Bertz CT molecular complexity index is 516. The highest BCUT2D eigenvalue weighted by Crippen LogP contribution is 2.28. The zero-order valence-electron chi connectivity index (χ0n) is 13.8. The zero-order chi connectivity index (χ0) is 15.6. The van der Waals surface area contributed by atoms with Crippen molar-refractivity contribution in [3.8, 4) is 0 Å². The van der Waals surface area contributed by atoms with Crippen molar-refractivity contribution in [3.05, 3.63) is 29.3 Å². The molecule has 1 aromatic rings. The highest BCUT2D eigenvalue weighted by Gasteiger charge is 2.24. The molecule has 1 aliphatic heterocycles. The van der Waals surface area contributed by atoms with Crippen molar-refractivity contribution in [1.29, 1.82) is 0 Å². The highest BCUT2D eigenvalue weighted by atomic mass is 16.2. The van der Waals surface area contributed by atoms with E-state index in [1.54, 1.807) is 0 Å². The number of carbonyl (C=O) groups excluding carboxylic acids is 1. The molecule has 1 unspecified atom stereocenters. The van der Waals surface area contributed by atoms with Crippen LogP contribution in [0.5, 0.6) is 0 Å². The summed E-state index contributed by atoms with van der Waals surface area (Å²) in [4.78, 5) is 14.5. The quantitative estimate of drug-likeness (QED) is 0.864. The van der Waals surface area contributed by atoms with E-state index in [1.165, 1.54) is 11.1 Å². The molecule has 0 saturated carbocycles. The maximum absolute atomic E-state index is 12.5. The van der Waals surface area contributed by atoms with Crippen LogP contribution in [0, 0.1) is 11.3 Å². The van der Waals surface area contributed by atoms with Crippen molar-refractivity contribution in [2.45, 2.75) is 53.5 Å². The van der Waals surface area contributed by atoms with Crippen molar-refractivity contribution >= 4 is 11.6 Å². The van der Waals surface area contributed by atoms with Crippen molar-refractivity contribution in [2.75, 3.05) is 12.3 Å². The van der Waals surface area contributed by atoms with Crippen LogP contribution in [0.15, 0.2) is 18.2 Å². The second-order valence-electron chi connectivity index (χ2n) is 7.62. The third-order valence-corrected chi connectivity index (χ3v) is 4.14. The van der Waals surface area contributed by atoms with Gasteiger partial charge >= 0.3 is 0 Å². The SMILES string of the molecule is CC(CC(=O)N1CCc2c(N)cccc2C1)CC(C)(C)C. The van der Waals surface area contributed by atoms with E-state index < -0.39 is 0 Å². The lowest BCUT2D eigenvalue weighted by atomic mass is 9.84. The Kier molecular flexibility index (Phi) is 4.60. The Hall–Kier alpha value is -1.51. The van der Waals surface area contributed by atoms with Crippen LogP contribution in [0.4, 0.5) is 5.69 Å². The number of anilines is 1. The summed E-state index contributed by atoms with van der Waals surface area (Å²) >= 11 is 0. The number of nitrogens with two attached hydrogens (primary N) is 1. The fraction of sp³-hybridized carbons (Fsp3) is 0.611. The van der Waals surface area contributed by atoms with E-state index in [1.807, 2.05) is 17.0 Å². The maximum atomic E-state index is 12.5. The van der Waals surface area contributed by atoms with Gasteiger partial charge in [-0.1, -0.05) is 39.8 Å². The molecular weight excluding hydrogens is 260 g/mol. The molecule has 0 aliphatic carbocycles. The largest absolute Gasteiger partial charge is 0.398 e. The van der Waals surface area contributed by atoms with Gasteiger partial charge in [0.2, 0.25) is 5.91 Å². The number of nitrogens with zero attached hydrogens (tertiary/aromatic N) is 1. The summed E-state index contributed by atoms with van der Waals surface area (Å²) in [6.07, 6.45) is 2.60. The number of benzene rings is 1. The summed E-state index contributed by atoms with van der Waals surface area (Å²) < 4.78 is 0. The Morgan fingerprint density at radius 2 is 2.10 bits per heavy atom. The van der Waals surface area contributed by atoms with Crippen molar-refractivity contribution in [3.63, 3.8) is 0 Å². The first-order valence-corrected chi connectivity index (χ1v) is 7.90. The predicted octanol–water partition coefficient (Wildman–Crippen LogP) is 3.62. The summed E-state index contributed by atoms with van der Waals surface area (Å²) in [5.74, 6) is 0.708. The molecule has 0 fully saturated rings. The number of nitrogen functional groups attached to an aromatic ring is 1. The average Bonchev–Trinajstić information content (AvgIpc) is 2.36. The normalized spacial score (nSPS) is 16.5. The van der Waals surface area contributed by atoms with Crippen molar-refractivity contribution < 1.29 is 4.79 Å². The van der Waals surface area contributed by atoms with E-state index in [0.717, 1.165) is 25.1 Å². The fourth-order valence-corrected chi connectivity index (χ4v) is 3.40. The third kappa shape index (κ3) is 4.23. The minimum Gasteiger partial charge on any atom is -0.398 e. The van der Waals surface area contributed by atoms with Gasteiger partial charge < -0.3 is 10.6 Å². The Morgan fingerprint density at radius 1 is 1.38 bits per heavy atom. The Labute approximate surface area is 128 Å². The van der Waals surface area contributed by atoms with Crippen LogP contribution in [0.2, 0.25) is 0 Å². The van der Waals surface area contributed by atoms with E-state index in [9.17, 15) is 4.79 Å². The van der Waals surface area contributed by atoms with Gasteiger partial charge in [0, 0.05) is 25.2 Å². The predicted molar refractivity (Wildman–Crippen MR) is 87.8 cm³/mol. The first kappa shape index (κ1) is 15.9. The lowest BCUT2D eigenvalue weighted by Gasteiger charge is -2.31. The number of hydrogen-bond donors (Lipinski definition) is 1. The molecule has 0 radical (unpaired) electrons. The Morgan fingerprint density at radius 3 is 2.76 bits per heavy atom. The van der Waals surface area contributed by atoms with Crippen LogP contribution in [0.3, 0.4) is 0 Å². The summed E-state index contributed by atoms with van der Waals surface area (Å²) in [6, 6.07) is 6.01. The number of carbonyl (C=O) groups is 1. The lowest BCUT2D eigenvalue weighted by Crippen LogP contribution is -2.37. The molecule has 1 heterocycles. The van der Waals surface area contributed by atoms with Crippen molar-refractivity contribution in [2.24, 2.45) is 11.3 Å². The molecule has 3 heteroatoms. The topological polar surface area (TPSA) is 46.3 Å². The summed E-state index contributed by atoms with van der Waals surface area (Å²) in [6.45, 7) is 10.4. The van der Waals surface area contributed by atoms with E-state index in [-0.39, 0.29) is 11.3 Å². The Balaban J connectivity index is 1.96. The minimum atomic E-state index is 0.278. The lowest BCUT2D eigenvalue weighted by molar-refractivity contribution is -0.133. The minimum absolute atomic E-state index is 0.278. The second-order valence-corrected chi connectivity index (χ2v) is 7.62. The van der Waals surface area contributed by atoms with Gasteiger partial charge in [-0.25, -0.2) is 0 Å². The molecule has 2 rings (SSSR count). The van der Waals surface area contributed by atoms with Crippen LogP contribution in [-0.4, -0.2) is 17.4 Å². The average molecular weight is 288 g/mol. The van der Waals surface area contributed by atoms with Gasteiger partial charge in [0.1, 0.15) is 0 Å². The van der Waals surface area contributed by atoms with Crippen molar-refractivity contribution in [1.82, 2.24) is 4.90 Å². The molecule has 0 aromatic heterocycles. The molecular formula is C18H28N2O. The summed E-state index contributed by atoms with van der Waals surface area (Å²) in [7, 11) is 0. The van der Waals surface area contributed by atoms with Gasteiger partial charge in [0.05, 0.1) is 0 Å². The number of rotatable bonds is 3. The van der Waals surface area contributed by atoms with Gasteiger partial charge in [0.15, 0.2) is 0 Å². The van der Waals surface area contributed by atoms with Gasteiger partial charge in [-0.05, 0) is 41.4 Å². The number of fused-ring (bicyclic) bond motifs is 1. The van der Waals surface area contributed by atoms with E-state index >= 15 is 0 Å². The molecule has 116 valence electrons. The first-order chi connectivity index (χ1) is 9.76. The number of amides is 1. The van der Waals surface area contributed by atoms with E-state index in [2.05, 4.69) is 33.8 Å². The van der Waals surface area contributed by atoms with Crippen LogP contribution in [0.1, 0.15) is 51.7 Å². The smallest absolute Gasteiger partial charge is 0.223 e. The second kappa shape index (κ2) is 6.08. The first-order valence-electron chi connectivity index (χ1n) is 7.90. The van der Waals surface area contributed by atoms with Gasteiger partial charge in [-0.2, -0.15) is 0 Å². The maximum Gasteiger partial charge on any atom is 0.223 e. The monoisotopic (exact) mass is 288 g/mol. The molecule has 21 heavy (non-hydrogen) atoms. The molecule has 0 spiro atoms. The molecule has 0 saturated heterocycles. The molecule has 1 atom stereocenters. The van der Waals surface area contributed by atoms with E-state index in [0.29, 0.717) is 18.9 Å². The molecule has 1 aromatic carbocycles. The van der Waals surface area contributed by atoms with Crippen LogP contribution in [-0.2, 0) is 17.8 Å². The molecule has 2 N–H and O–H groups in total. The number of hydrogen-bond acceptors (Lipinski definition) is 2. The molecule has 1 amide bonds. The van der Waals surface area contributed by atoms with Crippen LogP contribution in [0.25, 0.3) is 0 Å². The fourth-order valence-electron chi connectivity index (χ4n) is 3.40. The van der Waals surface area contributed by atoms with Gasteiger partial charge in [-0.15, -0.1) is 0 Å². The van der Waals surface area contributed by atoms with Crippen LogP contribution >= 0.6 is 0 Å². The van der Waals surface area contributed by atoms with Crippen LogP contribution < -0.4 is 5.73 Å². The van der Waals surface area contributed by atoms with E-state index in [4.69, 9.17) is 5.73 Å². The molecule has 3 nitrogen and oxygen atoms in total. The summed E-state index contributed by atoms with van der Waals surface area (Å²) in [5, 5.41) is 0. The summed E-state index contributed by atoms with van der Waals surface area (Å²) in [5.41, 5.74) is 9.58.